The maximum Gasteiger partial charge on any atom is 0.228 e. The molecule has 1 saturated carbocycles. The molecule has 24 heavy (non-hydrogen) atoms. The van der Waals surface area contributed by atoms with Crippen LogP contribution in [0.4, 0.5) is 10.1 Å². The van der Waals surface area contributed by atoms with Crippen LogP contribution in [0.2, 0.25) is 0 Å². The van der Waals surface area contributed by atoms with E-state index >= 15 is 0 Å². The van der Waals surface area contributed by atoms with E-state index in [1.165, 1.54) is 6.07 Å². The Morgan fingerprint density at radius 2 is 2.00 bits per heavy atom. The number of rotatable bonds is 2. The molecule has 2 saturated heterocycles. The molecule has 2 atom stereocenters. The fourth-order valence-corrected chi connectivity index (χ4v) is 4.88. The van der Waals surface area contributed by atoms with Crippen molar-refractivity contribution in [3.8, 4) is 0 Å². The second-order valence-electron chi connectivity index (χ2n) is 8.79. The molecule has 2 heterocycles. The van der Waals surface area contributed by atoms with Gasteiger partial charge in [0.05, 0.1) is 0 Å². The first-order valence-corrected chi connectivity index (χ1v) is 9.14. The smallest absolute Gasteiger partial charge is 0.228 e. The summed E-state index contributed by atoms with van der Waals surface area (Å²) in [5, 5.41) is 0. The highest BCUT2D eigenvalue weighted by molar-refractivity contribution is 5.85. The van der Waals surface area contributed by atoms with E-state index in [9.17, 15) is 9.18 Å². The Morgan fingerprint density at radius 3 is 2.67 bits per heavy atom. The predicted octanol–water partition coefficient (Wildman–Crippen LogP) is 3.83. The third-order valence-corrected chi connectivity index (χ3v) is 6.33. The summed E-state index contributed by atoms with van der Waals surface area (Å²) in [6, 6.07) is 7.35. The summed E-state index contributed by atoms with van der Waals surface area (Å²) in [4.78, 5) is 17.2. The number of carbonyl (C=O) groups is 1. The van der Waals surface area contributed by atoms with Gasteiger partial charge in [0.25, 0.3) is 0 Å². The Labute approximate surface area is 143 Å². The fraction of sp³-hybridized carbons (Fsp3) is 0.650. The monoisotopic (exact) mass is 330 g/mol. The van der Waals surface area contributed by atoms with E-state index in [2.05, 4.69) is 30.6 Å². The molecule has 1 aliphatic carbocycles. The zero-order valence-electron chi connectivity index (χ0n) is 14.9. The van der Waals surface area contributed by atoms with Crippen LogP contribution in [-0.4, -0.2) is 35.5 Å². The molecule has 0 aromatic heterocycles. The molecule has 3 fully saturated rings. The molecule has 130 valence electrons. The topological polar surface area (TPSA) is 23.6 Å². The van der Waals surface area contributed by atoms with Gasteiger partial charge in [-0.2, -0.15) is 0 Å². The van der Waals surface area contributed by atoms with Crippen molar-refractivity contribution in [2.24, 2.45) is 11.3 Å². The van der Waals surface area contributed by atoms with Crippen molar-refractivity contribution in [1.29, 1.82) is 0 Å². The van der Waals surface area contributed by atoms with Crippen LogP contribution in [-0.2, 0) is 4.79 Å². The number of carbonyl (C=O) groups excluding carboxylic acids is 1. The molecule has 0 radical (unpaired) electrons. The summed E-state index contributed by atoms with van der Waals surface area (Å²) in [6.07, 6.45) is 4.11. The number of hydrogen-bond acceptors (Lipinski definition) is 2. The summed E-state index contributed by atoms with van der Waals surface area (Å²) in [5.74, 6) is 0.646. The van der Waals surface area contributed by atoms with E-state index in [0.29, 0.717) is 17.9 Å². The van der Waals surface area contributed by atoms with Gasteiger partial charge in [-0.15, -0.1) is 0 Å². The van der Waals surface area contributed by atoms with Gasteiger partial charge in [-0.05, 0) is 63.6 Å². The minimum absolute atomic E-state index is 0.00827. The van der Waals surface area contributed by atoms with E-state index < -0.39 is 0 Å². The zero-order chi connectivity index (χ0) is 17.1. The molecule has 0 bridgehead atoms. The molecule has 0 spiro atoms. The largest absolute Gasteiger partial charge is 0.363 e. The molecule has 1 aromatic rings. The highest BCUT2D eigenvalue weighted by Crippen LogP contribution is 2.49. The maximum atomic E-state index is 13.7. The first-order chi connectivity index (χ1) is 11.3. The standard InChI is InChI=1S/C20H27FN2O/c1-19(2)12-14-13-22(18(24)20(3)8-9-20)10-7-17(14)23(19)16-6-4-5-15(21)11-16/h4-6,11,14,17H,7-10,12-13H2,1-3H3/t14-,17+/m1/s1. The van der Waals surface area contributed by atoms with Crippen LogP contribution in [0.3, 0.4) is 0 Å². The lowest BCUT2D eigenvalue weighted by atomic mass is 9.89. The first-order valence-electron chi connectivity index (χ1n) is 9.14. The van der Waals surface area contributed by atoms with Gasteiger partial charge in [-0.3, -0.25) is 4.79 Å². The van der Waals surface area contributed by atoms with Gasteiger partial charge in [-0.1, -0.05) is 13.0 Å². The highest BCUT2D eigenvalue weighted by atomic mass is 19.1. The number of nitrogens with zero attached hydrogens (tertiary/aromatic N) is 2. The molecule has 2 aliphatic heterocycles. The summed E-state index contributed by atoms with van der Waals surface area (Å²) in [5.41, 5.74) is 0.885. The third kappa shape index (κ3) is 2.51. The normalized spacial score (nSPS) is 30.2. The molecular weight excluding hydrogens is 303 g/mol. The Kier molecular flexibility index (Phi) is 3.45. The number of anilines is 1. The van der Waals surface area contributed by atoms with Crippen LogP contribution in [0.15, 0.2) is 24.3 Å². The highest BCUT2D eigenvalue weighted by Gasteiger charge is 2.52. The second-order valence-corrected chi connectivity index (χ2v) is 8.79. The van der Waals surface area contributed by atoms with Crippen molar-refractivity contribution < 1.29 is 9.18 Å². The van der Waals surface area contributed by atoms with Crippen molar-refractivity contribution in [3.05, 3.63) is 30.1 Å². The van der Waals surface area contributed by atoms with Crippen molar-refractivity contribution >= 4 is 11.6 Å². The average molecular weight is 330 g/mol. The lowest BCUT2D eigenvalue weighted by Gasteiger charge is -2.42. The van der Waals surface area contributed by atoms with Crippen molar-refractivity contribution in [1.82, 2.24) is 4.90 Å². The number of amides is 1. The molecule has 3 nitrogen and oxygen atoms in total. The molecule has 0 N–H and O–H groups in total. The van der Waals surface area contributed by atoms with E-state index in [4.69, 9.17) is 0 Å². The van der Waals surface area contributed by atoms with Gasteiger partial charge >= 0.3 is 0 Å². The number of hydrogen-bond donors (Lipinski definition) is 0. The quantitative estimate of drug-likeness (QED) is 0.823. The average Bonchev–Trinajstić information content (AvgIpc) is 3.20. The van der Waals surface area contributed by atoms with Gasteiger partial charge in [0.1, 0.15) is 5.82 Å². The summed E-state index contributed by atoms with van der Waals surface area (Å²) >= 11 is 0. The zero-order valence-corrected chi connectivity index (χ0v) is 14.9. The lowest BCUT2D eigenvalue weighted by molar-refractivity contribution is -0.138. The maximum absolute atomic E-state index is 13.7. The summed E-state index contributed by atoms with van der Waals surface area (Å²) in [6.45, 7) is 8.26. The third-order valence-electron chi connectivity index (χ3n) is 6.33. The lowest BCUT2D eigenvalue weighted by Crippen LogP contribution is -2.51. The number of fused-ring (bicyclic) bond motifs is 1. The summed E-state index contributed by atoms with van der Waals surface area (Å²) < 4.78 is 13.7. The van der Waals surface area contributed by atoms with Gasteiger partial charge in [0, 0.05) is 35.8 Å². The van der Waals surface area contributed by atoms with E-state index in [0.717, 1.165) is 44.5 Å². The Hall–Kier alpha value is -1.58. The fourth-order valence-electron chi connectivity index (χ4n) is 4.88. The first kappa shape index (κ1) is 15.9. The molecule has 4 heteroatoms. The van der Waals surface area contributed by atoms with E-state index in [1.54, 1.807) is 12.1 Å². The van der Waals surface area contributed by atoms with Gasteiger partial charge < -0.3 is 9.80 Å². The van der Waals surface area contributed by atoms with Crippen LogP contribution in [0.25, 0.3) is 0 Å². The van der Waals surface area contributed by atoms with Crippen LogP contribution in [0.5, 0.6) is 0 Å². The van der Waals surface area contributed by atoms with E-state index in [1.807, 2.05) is 6.07 Å². The molecule has 4 rings (SSSR count). The number of likely N-dealkylation sites (tertiary alicyclic amines) is 1. The Bertz CT molecular complexity index is 667. The Balaban J connectivity index is 1.56. The predicted molar refractivity (Wildman–Crippen MR) is 93.4 cm³/mol. The van der Waals surface area contributed by atoms with Crippen molar-refractivity contribution in [2.75, 3.05) is 18.0 Å². The number of piperidine rings is 1. The minimum atomic E-state index is -0.180. The number of benzene rings is 1. The van der Waals surface area contributed by atoms with Crippen LogP contribution >= 0.6 is 0 Å². The molecule has 1 aromatic carbocycles. The Morgan fingerprint density at radius 1 is 1.25 bits per heavy atom. The second kappa shape index (κ2) is 5.21. The van der Waals surface area contributed by atoms with Crippen molar-refractivity contribution in [2.45, 2.75) is 58.0 Å². The summed E-state index contributed by atoms with van der Waals surface area (Å²) in [7, 11) is 0. The molecular formula is C20H27FN2O. The number of halogens is 1. The van der Waals surface area contributed by atoms with Crippen LogP contribution in [0, 0.1) is 17.2 Å². The van der Waals surface area contributed by atoms with E-state index in [-0.39, 0.29) is 16.8 Å². The van der Waals surface area contributed by atoms with Gasteiger partial charge in [0.2, 0.25) is 5.91 Å². The minimum Gasteiger partial charge on any atom is -0.363 e. The SMILES string of the molecule is CC1(C(=O)N2CC[C@H]3[C@@H](C2)CC(C)(C)N3c2cccc(F)c2)CC1. The molecule has 0 unspecified atom stereocenters. The van der Waals surface area contributed by atoms with Gasteiger partial charge in [-0.25, -0.2) is 4.39 Å². The van der Waals surface area contributed by atoms with Crippen LogP contribution < -0.4 is 4.90 Å². The van der Waals surface area contributed by atoms with Crippen LogP contribution in [0.1, 0.15) is 46.5 Å². The molecule has 1 amide bonds. The van der Waals surface area contributed by atoms with Crippen molar-refractivity contribution in [3.63, 3.8) is 0 Å². The van der Waals surface area contributed by atoms with Gasteiger partial charge in [0.15, 0.2) is 0 Å². The molecule has 3 aliphatic rings.